The smallest absolute Gasteiger partial charge is 0.307 e. The Labute approximate surface area is 54.1 Å². The van der Waals surface area contributed by atoms with E-state index in [1.54, 1.807) is 0 Å². The minimum atomic E-state index is -0.674. The van der Waals surface area contributed by atoms with Gasteiger partial charge in [-0.1, -0.05) is 0 Å². The van der Waals surface area contributed by atoms with E-state index in [4.69, 9.17) is 5.11 Å². The number of hydrogen-bond donors (Lipinski definition) is 2. The summed E-state index contributed by atoms with van der Waals surface area (Å²) in [5, 5.41) is 11.6. The fraction of sp³-hybridized carbons (Fsp3) is 0.833. The average molecular weight is 129 g/mol. The molecule has 0 unspecified atom stereocenters. The first-order valence-electron chi connectivity index (χ1n) is 3.16. The highest BCUT2D eigenvalue weighted by Gasteiger charge is 2.25. The maximum Gasteiger partial charge on any atom is 0.307 e. The molecule has 1 aliphatic rings. The van der Waals surface area contributed by atoms with Crippen LogP contribution in [0.3, 0.4) is 0 Å². The SMILES string of the molecule is C[C@@H]1C[C@H](C(=O)O)CN1. The van der Waals surface area contributed by atoms with E-state index in [1.807, 2.05) is 6.92 Å². The molecule has 2 atom stereocenters. The number of carboxylic acid groups (broad SMARTS) is 1. The number of aliphatic carboxylic acids is 1. The summed E-state index contributed by atoms with van der Waals surface area (Å²) < 4.78 is 0. The van der Waals surface area contributed by atoms with Crippen molar-refractivity contribution in [1.29, 1.82) is 0 Å². The quantitative estimate of drug-likeness (QED) is 0.526. The predicted molar refractivity (Wildman–Crippen MR) is 33.2 cm³/mol. The predicted octanol–water partition coefficient (Wildman–Crippen LogP) is 0.0690. The van der Waals surface area contributed by atoms with Gasteiger partial charge in [-0.2, -0.15) is 0 Å². The lowest BCUT2D eigenvalue weighted by Gasteiger charge is -1.98. The van der Waals surface area contributed by atoms with Crippen molar-refractivity contribution in [3.63, 3.8) is 0 Å². The maximum absolute atomic E-state index is 10.3. The van der Waals surface area contributed by atoms with Gasteiger partial charge in [-0.25, -0.2) is 0 Å². The summed E-state index contributed by atoms with van der Waals surface area (Å²) in [6, 6.07) is 0.381. The fourth-order valence-corrected chi connectivity index (χ4v) is 1.13. The lowest BCUT2D eigenvalue weighted by molar-refractivity contribution is -0.141. The Hall–Kier alpha value is -0.570. The molecule has 1 heterocycles. The zero-order chi connectivity index (χ0) is 6.85. The van der Waals surface area contributed by atoms with Gasteiger partial charge in [-0.05, 0) is 13.3 Å². The second-order valence-corrected chi connectivity index (χ2v) is 2.58. The van der Waals surface area contributed by atoms with Crippen LogP contribution in [0.2, 0.25) is 0 Å². The second-order valence-electron chi connectivity index (χ2n) is 2.58. The number of carboxylic acids is 1. The van der Waals surface area contributed by atoms with Crippen LogP contribution in [0.4, 0.5) is 0 Å². The number of nitrogens with one attached hydrogen (secondary N) is 1. The molecule has 0 spiro atoms. The minimum absolute atomic E-state index is 0.153. The molecule has 0 bridgehead atoms. The summed E-state index contributed by atoms with van der Waals surface area (Å²) >= 11 is 0. The monoisotopic (exact) mass is 129 g/mol. The molecule has 0 radical (unpaired) electrons. The molecule has 1 saturated heterocycles. The van der Waals surface area contributed by atoms with Crippen LogP contribution in [0, 0.1) is 5.92 Å². The minimum Gasteiger partial charge on any atom is -0.481 e. The highest BCUT2D eigenvalue weighted by atomic mass is 16.4. The molecule has 52 valence electrons. The zero-order valence-electron chi connectivity index (χ0n) is 5.42. The normalized spacial score (nSPS) is 34.8. The van der Waals surface area contributed by atoms with Crippen LogP contribution in [0.5, 0.6) is 0 Å². The van der Waals surface area contributed by atoms with Gasteiger partial charge < -0.3 is 10.4 Å². The molecule has 1 fully saturated rings. The van der Waals surface area contributed by atoms with Gasteiger partial charge in [0.05, 0.1) is 5.92 Å². The first-order chi connectivity index (χ1) is 4.20. The Morgan fingerprint density at radius 3 is 2.67 bits per heavy atom. The Kier molecular flexibility index (Phi) is 1.71. The molecule has 1 rings (SSSR count). The van der Waals surface area contributed by atoms with Crippen molar-refractivity contribution in [3.8, 4) is 0 Å². The summed E-state index contributed by atoms with van der Waals surface area (Å²) in [5.41, 5.74) is 0. The highest BCUT2D eigenvalue weighted by Crippen LogP contribution is 2.12. The summed E-state index contributed by atoms with van der Waals surface area (Å²) in [5.74, 6) is -0.827. The van der Waals surface area contributed by atoms with Gasteiger partial charge in [-0.3, -0.25) is 4.79 Å². The van der Waals surface area contributed by atoms with Crippen molar-refractivity contribution in [2.75, 3.05) is 6.54 Å². The van der Waals surface area contributed by atoms with Crippen LogP contribution in [-0.2, 0) is 4.79 Å². The van der Waals surface area contributed by atoms with Gasteiger partial charge in [0, 0.05) is 12.6 Å². The van der Waals surface area contributed by atoms with Gasteiger partial charge >= 0.3 is 5.97 Å². The third kappa shape index (κ3) is 1.42. The molecule has 0 aromatic heterocycles. The van der Waals surface area contributed by atoms with Gasteiger partial charge in [0.15, 0.2) is 0 Å². The van der Waals surface area contributed by atoms with Gasteiger partial charge in [0.2, 0.25) is 0 Å². The Balaban J connectivity index is 2.39. The van der Waals surface area contributed by atoms with Crippen molar-refractivity contribution in [1.82, 2.24) is 5.32 Å². The van der Waals surface area contributed by atoms with E-state index in [-0.39, 0.29) is 5.92 Å². The molecular formula is C6H11NO2. The molecule has 0 aromatic carbocycles. The number of hydrogen-bond acceptors (Lipinski definition) is 2. The van der Waals surface area contributed by atoms with Gasteiger partial charge in [-0.15, -0.1) is 0 Å². The van der Waals surface area contributed by atoms with Crippen LogP contribution < -0.4 is 5.32 Å². The number of rotatable bonds is 1. The second kappa shape index (κ2) is 2.35. The molecule has 9 heavy (non-hydrogen) atoms. The summed E-state index contributed by atoms with van der Waals surface area (Å²) in [4.78, 5) is 10.3. The molecule has 3 nitrogen and oxygen atoms in total. The lowest BCUT2D eigenvalue weighted by Crippen LogP contribution is -2.18. The first kappa shape index (κ1) is 6.55. The van der Waals surface area contributed by atoms with E-state index in [2.05, 4.69) is 5.32 Å². The van der Waals surface area contributed by atoms with Crippen molar-refractivity contribution < 1.29 is 9.90 Å². The Bertz CT molecular complexity index is 124. The molecule has 3 heteroatoms. The Morgan fingerprint density at radius 2 is 2.44 bits per heavy atom. The van der Waals surface area contributed by atoms with E-state index < -0.39 is 5.97 Å². The van der Waals surface area contributed by atoms with Crippen molar-refractivity contribution in [2.24, 2.45) is 5.92 Å². The van der Waals surface area contributed by atoms with E-state index in [9.17, 15) is 4.79 Å². The van der Waals surface area contributed by atoms with Crippen molar-refractivity contribution >= 4 is 5.97 Å². The number of carbonyl (C=O) groups is 1. The fourth-order valence-electron chi connectivity index (χ4n) is 1.13. The van der Waals surface area contributed by atoms with Crippen LogP contribution in [-0.4, -0.2) is 23.7 Å². The van der Waals surface area contributed by atoms with E-state index >= 15 is 0 Å². The molecule has 0 aliphatic carbocycles. The van der Waals surface area contributed by atoms with Gasteiger partial charge in [0.1, 0.15) is 0 Å². The van der Waals surface area contributed by atoms with Crippen LogP contribution in [0.1, 0.15) is 13.3 Å². The largest absolute Gasteiger partial charge is 0.481 e. The third-order valence-electron chi connectivity index (χ3n) is 1.70. The summed E-state index contributed by atoms with van der Waals surface area (Å²) in [6.07, 6.45) is 0.773. The molecule has 2 N–H and O–H groups in total. The summed E-state index contributed by atoms with van der Waals surface area (Å²) in [6.45, 7) is 2.64. The Morgan fingerprint density at radius 1 is 1.78 bits per heavy atom. The third-order valence-corrected chi connectivity index (χ3v) is 1.70. The van der Waals surface area contributed by atoms with Crippen molar-refractivity contribution in [3.05, 3.63) is 0 Å². The topological polar surface area (TPSA) is 49.3 Å². The van der Waals surface area contributed by atoms with Crippen LogP contribution in [0.15, 0.2) is 0 Å². The zero-order valence-corrected chi connectivity index (χ0v) is 5.42. The first-order valence-corrected chi connectivity index (χ1v) is 3.16. The standard InChI is InChI=1S/C6H11NO2/c1-4-2-5(3-7-4)6(8)9/h4-5,7H,2-3H2,1H3,(H,8,9)/t4-,5+/m1/s1. The average Bonchev–Trinajstić information content (AvgIpc) is 2.14. The molecule has 0 saturated carbocycles. The molecule has 1 aliphatic heterocycles. The van der Waals surface area contributed by atoms with E-state index in [0.717, 1.165) is 6.42 Å². The van der Waals surface area contributed by atoms with Crippen molar-refractivity contribution in [2.45, 2.75) is 19.4 Å². The highest BCUT2D eigenvalue weighted by molar-refractivity contribution is 5.70. The lowest BCUT2D eigenvalue weighted by atomic mass is 10.1. The van der Waals surface area contributed by atoms with Crippen LogP contribution in [0.25, 0.3) is 0 Å². The summed E-state index contributed by atoms with van der Waals surface area (Å²) in [7, 11) is 0. The molecule has 0 aromatic rings. The maximum atomic E-state index is 10.3. The van der Waals surface area contributed by atoms with Gasteiger partial charge in [0.25, 0.3) is 0 Å². The van der Waals surface area contributed by atoms with E-state index in [0.29, 0.717) is 12.6 Å². The molecule has 0 amide bonds. The van der Waals surface area contributed by atoms with E-state index in [1.165, 1.54) is 0 Å². The molecular weight excluding hydrogens is 118 g/mol. The van der Waals surface area contributed by atoms with Crippen LogP contribution >= 0.6 is 0 Å².